The molecule has 3 aliphatic carbocycles. The van der Waals surface area contributed by atoms with E-state index < -0.39 is 78.7 Å². The highest BCUT2D eigenvalue weighted by Gasteiger charge is 2.68. The summed E-state index contributed by atoms with van der Waals surface area (Å²) in [5.74, 6) is -2.32. The van der Waals surface area contributed by atoms with E-state index in [0.717, 1.165) is 12.8 Å². The summed E-state index contributed by atoms with van der Waals surface area (Å²) in [7, 11) is -0.904. The highest BCUT2D eigenvalue weighted by atomic mass is 35.5. The number of nitrogens with two attached hydrogens (primary N) is 4. The molecule has 0 unspecified atom stereocenters. The lowest BCUT2D eigenvalue weighted by Crippen LogP contribution is -2.65. The van der Waals surface area contributed by atoms with Gasteiger partial charge in [0.1, 0.15) is 35.7 Å². The fraction of sp³-hybridized carbons (Fsp3) is 0.564. The highest BCUT2D eigenvalue weighted by Crippen LogP contribution is 2.65. The quantitative estimate of drug-likeness (QED) is 0.0496. The number of unbranched alkanes of at least 4 members (excludes halogenated alkanes) is 1. The fourth-order valence-corrected chi connectivity index (χ4v) is 8.29. The van der Waals surface area contributed by atoms with Crippen molar-refractivity contribution in [2.24, 2.45) is 40.2 Å². The average molecular weight is 842 g/mol. The molecule has 2 bridgehead atoms. The minimum absolute atomic E-state index is 0.111. The third kappa shape index (κ3) is 10.7. The van der Waals surface area contributed by atoms with E-state index in [4.69, 9.17) is 48.6 Å². The first-order valence-electron chi connectivity index (χ1n) is 19.9. The van der Waals surface area contributed by atoms with Gasteiger partial charge in [-0.2, -0.15) is 0 Å². The predicted octanol–water partition coefficient (Wildman–Crippen LogP) is -0.262. The summed E-state index contributed by atoms with van der Waals surface area (Å²) < 4.78 is 18.3. The molecular formula is C39H57BClN9O9. The second-order valence-electron chi connectivity index (χ2n) is 16.3. The number of carbonyl (C=O) groups excluding carboxylic acids is 5. The number of ether oxygens (including phenoxy) is 1. The van der Waals surface area contributed by atoms with Crippen LogP contribution in [0.5, 0.6) is 11.5 Å². The molecule has 1 heterocycles. The maximum atomic E-state index is 13.5. The molecule has 0 aromatic heterocycles. The van der Waals surface area contributed by atoms with Gasteiger partial charge in [-0.25, -0.2) is 0 Å². The van der Waals surface area contributed by atoms with Crippen molar-refractivity contribution in [1.29, 1.82) is 0 Å². The lowest BCUT2D eigenvalue weighted by atomic mass is 9.43. The van der Waals surface area contributed by atoms with Gasteiger partial charge >= 0.3 is 7.12 Å². The molecule has 1 aliphatic heterocycles. The molecule has 59 heavy (non-hydrogen) atoms. The Morgan fingerprint density at radius 2 is 1.47 bits per heavy atom. The molecule has 0 radical (unpaired) electrons. The van der Waals surface area contributed by atoms with Crippen molar-refractivity contribution >= 4 is 48.3 Å². The van der Waals surface area contributed by atoms with Gasteiger partial charge < -0.3 is 68.7 Å². The molecule has 5 amide bonds. The Balaban J connectivity index is 1.13. The van der Waals surface area contributed by atoms with Gasteiger partial charge in [-0.15, -0.1) is 0 Å². The van der Waals surface area contributed by atoms with Gasteiger partial charge in [0, 0.05) is 17.1 Å². The van der Waals surface area contributed by atoms with Crippen LogP contribution in [0.15, 0.2) is 48.5 Å². The van der Waals surface area contributed by atoms with Gasteiger partial charge in [0.25, 0.3) is 11.8 Å². The first kappa shape index (κ1) is 45.7. The number of hydrogen-bond acceptors (Lipinski definition) is 13. The number of aliphatic hydroxyl groups excluding tert-OH is 1. The van der Waals surface area contributed by atoms with Crippen molar-refractivity contribution in [3.8, 4) is 11.5 Å². The van der Waals surface area contributed by atoms with Crippen LogP contribution < -0.4 is 54.3 Å². The second kappa shape index (κ2) is 19.4. The van der Waals surface area contributed by atoms with Crippen LogP contribution in [-0.2, 0) is 28.5 Å². The minimum atomic E-state index is -1.71. The molecule has 6 rings (SSSR count). The van der Waals surface area contributed by atoms with Gasteiger partial charge in [-0.1, -0.05) is 25.4 Å². The Morgan fingerprint density at radius 1 is 0.847 bits per heavy atom. The smallest absolute Gasteiger partial charge is 0.457 e. The van der Waals surface area contributed by atoms with Crippen LogP contribution in [0, 0.1) is 17.3 Å². The van der Waals surface area contributed by atoms with Gasteiger partial charge in [-0.05, 0) is 118 Å². The third-order valence-corrected chi connectivity index (χ3v) is 12.1. The number of aliphatic hydroxyl groups is 1. The summed E-state index contributed by atoms with van der Waals surface area (Å²) >= 11 is 5.91. The van der Waals surface area contributed by atoms with Crippen LogP contribution in [-0.4, -0.2) is 103 Å². The van der Waals surface area contributed by atoms with Crippen molar-refractivity contribution in [3.05, 3.63) is 59.1 Å². The number of nitrogens with one attached hydrogen (secondary N) is 5. The summed E-state index contributed by atoms with van der Waals surface area (Å²) in [4.78, 5) is 66.3. The predicted molar refractivity (Wildman–Crippen MR) is 219 cm³/mol. The fourth-order valence-electron chi connectivity index (χ4n) is 8.16. The Hall–Kier alpha value is -4.34. The highest BCUT2D eigenvalue weighted by molar-refractivity contribution is 6.47. The lowest BCUT2D eigenvalue weighted by Gasteiger charge is -2.64. The van der Waals surface area contributed by atoms with Crippen LogP contribution in [0.3, 0.4) is 0 Å². The molecule has 18 nitrogen and oxygen atoms in total. The van der Waals surface area contributed by atoms with Crippen LogP contribution in [0.1, 0.15) is 70.2 Å². The van der Waals surface area contributed by atoms with E-state index >= 15 is 0 Å². The largest absolute Gasteiger partial charge is 0.497 e. The van der Waals surface area contributed by atoms with Gasteiger partial charge in [0.2, 0.25) is 17.7 Å². The first-order valence-corrected chi connectivity index (χ1v) is 20.2. The zero-order chi connectivity index (χ0) is 43.2. The second-order valence-corrected chi connectivity index (χ2v) is 16.7. The van der Waals surface area contributed by atoms with E-state index in [0.29, 0.717) is 41.8 Å². The third-order valence-electron chi connectivity index (χ3n) is 11.8. The SMILES string of the molecule is C[C@@H](O)[C@H](NC(=O)[C@H](CN)NC(=O)c1ccc(Oc2ccc(Cl)cc2)cc1)C(=O)N[C@@H](N)C(=O)N[C@@H](CCCCN)C(=O)N[C@@H](N)B1O[C@@H]2C[C@@H]3C[C@@H](C3(C)C)[C@]2(C)O1. The average Bonchev–Trinajstić information content (AvgIpc) is 3.57. The summed E-state index contributed by atoms with van der Waals surface area (Å²) in [6, 6.07) is 7.70. The van der Waals surface area contributed by atoms with Gasteiger partial charge in [0.05, 0.1) is 17.8 Å². The molecule has 20 heteroatoms. The van der Waals surface area contributed by atoms with E-state index in [2.05, 4.69) is 40.4 Å². The molecule has 4 fully saturated rings. The topological polar surface area (TPSA) is 298 Å². The van der Waals surface area contributed by atoms with Crippen molar-refractivity contribution in [2.45, 2.75) is 108 Å². The first-order chi connectivity index (χ1) is 27.9. The molecule has 2 aromatic carbocycles. The Morgan fingerprint density at radius 3 is 2.07 bits per heavy atom. The number of halogens is 1. The number of amides is 5. The lowest BCUT2D eigenvalue weighted by molar-refractivity contribution is -0.199. The zero-order valence-electron chi connectivity index (χ0n) is 33.7. The van der Waals surface area contributed by atoms with Crippen molar-refractivity contribution in [2.75, 3.05) is 13.1 Å². The maximum Gasteiger partial charge on any atom is 0.497 e. The summed E-state index contributed by atoms with van der Waals surface area (Å²) in [6.07, 6.45) is -0.261. The van der Waals surface area contributed by atoms with Crippen LogP contribution >= 0.6 is 11.6 Å². The molecule has 1 saturated heterocycles. The van der Waals surface area contributed by atoms with Crippen LogP contribution in [0.4, 0.5) is 0 Å². The zero-order valence-corrected chi connectivity index (χ0v) is 34.5. The molecule has 10 atom stereocenters. The minimum Gasteiger partial charge on any atom is -0.457 e. The van der Waals surface area contributed by atoms with E-state index in [1.165, 1.54) is 19.1 Å². The molecule has 4 aliphatic rings. The van der Waals surface area contributed by atoms with E-state index in [9.17, 15) is 29.1 Å². The molecule has 0 spiro atoms. The van der Waals surface area contributed by atoms with Crippen LogP contribution in [0.2, 0.25) is 5.02 Å². The van der Waals surface area contributed by atoms with Gasteiger partial charge in [-0.3, -0.25) is 24.0 Å². The molecule has 2 aromatic rings. The molecule has 322 valence electrons. The number of hydrogen-bond donors (Lipinski definition) is 10. The molecular weight excluding hydrogens is 785 g/mol. The number of carbonyl (C=O) groups is 5. The van der Waals surface area contributed by atoms with Crippen LogP contribution in [0.25, 0.3) is 0 Å². The van der Waals surface area contributed by atoms with E-state index in [1.54, 1.807) is 36.4 Å². The summed E-state index contributed by atoms with van der Waals surface area (Å²) in [5.41, 5.74) is 23.7. The van der Waals surface area contributed by atoms with E-state index in [-0.39, 0.29) is 36.0 Å². The Kier molecular flexibility index (Phi) is 15.0. The standard InChI is InChI=1S/C39H57BClN9O9/c1-20(51)30(48-34(54)27(19-43)47-32(52)21-8-12-24(13-9-21)57-25-14-10-23(41)11-15-25)35(55)49-31(44)36(56)46-26(7-5-6-16-42)33(53)50-37(45)40-58-29-18-22-17-28(38(22,2)3)39(29,4)59-40/h8-15,20,22,26-31,37,51H,5-7,16-19,42-45H2,1-4H3,(H,46,56)(H,47,52)(H,48,54)(H,49,55)(H,50,53)/t20-,22+,26+,27+,28+,29-,30+,31-,37-,39+/m1/s1. The number of benzene rings is 2. The normalized spacial score (nSPS) is 24.4. The maximum absolute atomic E-state index is 13.5. The molecule has 3 saturated carbocycles. The molecule has 14 N–H and O–H groups in total. The van der Waals surface area contributed by atoms with Crippen molar-refractivity contribution in [1.82, 2.24) is 26.6 Å². The summed E-state index contributed by atoms with van der Waals surface area (Å²) in [5, 5.41) is 23.4. The summed E-state index contributed by atoms with van der Waals surface area (Å²) in [6.45, 7) is 7.73. The Bertz CT molecular complexity index is 1830. The Labute approximate surface area is 349 Å². The van der Waals surface area contributed by atoms with Gasteiger partial charge in [0.15, 0.2) is 6.17 Å². The van der Waals surface area contributed by atoms with E-state index in [1.807, 2.05) is 6.92 Å². The van der Waals surface area contributed by atoms with Crippen molar-refractivity contribution in [3.63, 3.8) is 0 Å². The van der Waals surface area contributed by atoms with Crippen molar-refractivity contribution < 1.29 is 43.1 Å². The monoisotopic (exact) mass is 841 g/mol. The number of rotatable bonds is 19.